The van der Waals surface area contributed by atoms with Crippen LogP contribution < -0.4 is 0 Å². The third kappa shape index (κ3) is 5.02. The van der Waals surface area contributed by atoms with Crippen LogP contribution in [0, 0.1) is 22.7 Å². The first-order valence-corrected chi connectivity index (χ1v) is 14.1. The molecule has 0 saturated heterocycles. The van der Waals surface area contributed by atoms with Gasteiger partial charge in [0.15, 0.2) is 5.69 Å². The molecule has 1 aromatic heterocycles. The van der Waals surface area contributed by atoms with E-state index in [1.54, 1.807) is 31.2 Å². The lowest BCUT2D eigenvalue weighted by Crippen LogP contribution is -2.43. The number of aromatic nitrogens is 2. The van der Waals surface area contributed by atoms with Gasteiger partial charge in [0.2, 0.25) is 0 Å². The number of aliphatic carboxylic acids is 1. The fourth-order valence-corrected chi connectivity index (χ4v) is 7.35. The molecule has 7 nitrogen and oxygen atoms in total. The first-order chi connectivity index (χ1) is 18.6. The molecule has 11 heteroatoms. The summed E-state index contributed by atoms with van der Waals surface area (Å²) < 4.78 is 44.5. The summed E-state index contributed by atoms with van der Waals surface area (Å²) in [5.41, 5.74) is -2.13. The number of benzene rings is 1. The summed E-state index contributed by atoms with van der Waals surface area (Å²) in [5.74, 6) is -1.04. The average Bonchev–Trinajstić information content (AvgIpc) is 3.31. The van der Waals surface area contributed by atoms with Crippen LogP contribution in [0.2, 0.25) is 5.02 Å². The number of hydrogen-bond acceptors (Lipinski definition) is 4. The van der Waals surface area contributed by atoms with Crippen LogP contribution in [0.15, 0.2) is 30.5 Å². The van der Waals surface area contributed by atoms with Crippen molar-refractivity contribution in [3.8, 4) is 0 Å². The smallest absolute Gasteiger partial charge is 0.433 e. The van der Waals surface area contributed by atoms with Gasteiger partial charge in [0.25, 0.3) is 5.91 Å². The number of carboxylic acid groups (broad SMARTS) is 1. The van der Waals surface area contributed by atoms with E-state index in [2.05, 4.69) is 18.9 Å². The summed E-state index contributed by atoms with van der Waals surface area (Å²) in [5, 5.41) is 25.0. The van der Waals surface area contributed by atoms with E-state index in [0.717, 1.165) is 10.9 Å². The van der Waals surface area contributed by atoms with Crippen LogP contribution in [0.1, 0.15) is 93.1 Å². The maximum atomic E-state index is 14.5. The van der Waals surface area contributed by atoms with E-state index >= 15 is 0 Å². The minimum Gasteiger partial charge on any atom is -0.481 e. The molecule has 0 aliphatic heterocycles. The van der Waals surface area contributed by atoms with Gasteiger partial charge < -0.3 is 15.1 Å². The predicted octanol–water partition coefficient (Wildman–Crippen LogP) is 6.37. The molecule has 3 fully saturated rings. The average molecular weight is 582 g/mol. The van der Waals surface area contributed by atoms with Gasteiger partial charge in [-0.25, -0.2) is 0 Å². The van der Waals surface area contributed by atoms with Crippen molar-refractivity contribution in [2.45, 2.75) is 83.7 Å². The normalized spacial score (nSPS) is 30.0. The molecule has 2 N–H and O–H groups in total. The van der Waals surface area contributed by atoms with Gasteiger partial charge in [-0.15, -0.1) is 0 Å². The van der Waals surface area contributed by atoms with Crippen LogP contribution >= 0.6 is 11.6 Å². The molecule has 1 unspecified atom stereocenters. The Morgan fingerprint density at radius 3 is 2.30 bits per heavy atom. The van der Waals surface area contributed by atoms with Gasteiger partial charge in [-0.05, 0) is 68.8 Å². The molecule has 1 heterocycles. The van der Waals surface area contributed by atoms with E-state index < -0.39 is 46.9 Å². The van der Waals surface area contributed by atoms with Gasteiger partial charge >= 0.3 is 12.1 Å². The molecule has 40 heavy (non-hydrogen) atoms. The Morgan fingerprint density at radius 2 is 1.75 bits per heavy atom. The Labute approximate surface area is 236 Å². The summed E-state index contributed by atoms with van der Waals surface area (Å²) in [6.45, 7) is 5.73. The Balaban J connectivity index is 1.46. The first kappa shape index (κ1) is 28.9. The van der Waals surface area contributed by atoms with Crippen molar-refractivity contribution in [3.63, 3.8) is 0 Å². The number of fused-ring (bicyclic) bond motifs is 1. The number of carbonyl (C=O) groups excluding carboxylic acids is 1. The third-order valence-corrected chi connectivity index (χ3v) is 10.2. The van der Waals surface area contributed by atoms with Crippen molar-refractivity contribution >= 4 is 23.5 Å². The summed E-state index contributed by atoms with van der Waals surface area (Å²) >= 11 is 6.28. The van der Waals surface area contributed by atoms with Gasteiger partial charge in [0, 0.05) is 16.6 Å². The molecule has 3 saturated carbocycles. The van der Waals surface area contributed by atoms with E-state index in [1.807, 2.05) is 0 Å². The van der Waals surface area contributed by atoms with E-state index in [1.165, 1.54) is 4.90 Å². The zero-order valence-corrected chi connectivity index (χ0v) is 23.5. The zero-order chi connectivity index (χ0) is 29.2. The number of carbonyl (C=O) groups is 2. The molecule has 3 aliphatic rings. The number of alkyl halides is 3. The summed E-state index contributed by atoms with van der Waals surface area (Å²) in [4.78, 5) is 27.0. The minimum atomic E-state index is -4.86. The maximum absolute atomic E-state index is 14.5. The summed E-state index contributed by atoms with van der Waals surface area (Å²) in [6, 6.07) is 5.68. The van der Waals surface area contributed by atoms with Crippen LogP contribution in [0.4, 0.5) is 13.2 Å². The number of carboxylic acids is 1. The predicted molar refractivity (Wildman–Crippen MR) is 142 cm³/mol. The molecule has 1 amide bonds. The fourth-order valence-electron chi connectivity index (χ4n) is 7.09. The van der Waals surface area contributed by atoms with Crippen molar-refractivity contribution in [2.75, 3.05) is 6.54 Å². The third-order valence-electron chi connectivity index (χ3n) is 9.89. The number of aliphatic hydroxyl groups excluding tert-OH is 1. The molecule has 0 spiro atoms. The highest BCUT2D eigenvalue weighted by Gasteiger charge is 2.63. The van der Waals surface area contributed by atoms with E-state index in [0.29, 0.717) is 35.3 Å². The number of hydrogen-bond donors (Lipinski definition) is 2. The van der Waals surface area contributed by atoms with Crippen LogP contribution in [0.5, 0.6) is 0 Å². The molecule has 0 bridgehead atoms. The molecule has 4 atom stereocenters. The number of aliphatic hydroxyl groups is 1. The van der Waals surface area contributed by atoms with E-state index in [4.69, 9.17) is 11.6 Å². The van der Waals surface area contributed by atoms with E-state index in [9.17, 15) is 33.0 Å². The quantitative estimate of drug-likeness (QED) is 0.396. The van der Waals surface area contributed by atoms with Gasteiger partial charge in [0.05, 0.1) is 35.9 Å². The molecule has 2 aromatic rings. The van der Waals surface area contributed by atoms with Crippen LogP contribution in [0.3, 0.4) is 0 Å². The topological polar surface area (TPSA) is 95.7 Å². The van der Waals surface area contributed by atoms with Crippen LogP contribution in [-0.2, 0) is 11.0 Å². The monoisotopic (exact) mass is 581 g/mol. The molecular formula is C29H35ClF3N3O4. The number of halogens is 4. The Bertz CT molecular complexity index is 1290. The second kappa shape index (κ2) is 10.0. The molecule has 218 valence electrons. The molecule has 0 radical (unpaired) electrons. The van der Waals surface area contributed by atoms with Crippen LogP contribution in [-0.4, -0.2) is 49.4 Å². The Hall–Kier alpha value is -2.59. The van der Waals surface area contributed by atoms with Gasteiger partial charge in [-0.2, -0.15) is 18.3 Å². The second-order valence-corrected chi connectivity index (χ2v) is 13.0. The number of rotatable bonds is 7. The Kier molecular flexibility index (Phi) is 7.26. The highest BCUT2D eigenvalue weighted by molar-refractivity contribution is 6.31. The summed E-state index contributed by atoms with van der Waals surface area (Å²) in [7, 11) is 0. The lowest BCUT2D eigenvalue weighted by Gasteiger charge is -2.35. The highest BCUT2D eigenvalue weighted by atomic mass is 35.5. The van der Waals surface area contributed by atoms with Gasteiger partial charge in [0.1, 0.15) is 0 Å². The maximum Gasteiger partial charge on any atom is 0.433 e. The van der Waals surface area contributed by atoms with Crippen molar-refractivity contribution in [1.82, 2.24) is 14.7 Å². The SMILES string of the molecule is CC1(C(=O)O)CCC(n2ncc(C(=O)N(C[C@@H](O)c3ccccc3Cl)C3C[C@@H]4[C@H](C3)C4(C)C)c2C(F)(F)F)CC1. The number of amides is 1. The lowest BCUT2D eigenvalue weighted by molar-refractivity contribution is -0.152. The van der Waals surface area contributed by atoms with Crippen molar-refractivity contribution in [1.29, 1.82) is 0 Å². The highest BCUT2D eigenvalue weighted by Crippen LogP contribution is 2.67. The lowest BCUT2D eigenvalue weighted by atomic mass is 9.74. The zero-order valence-electron chi connectivity index (χ0n) is 22.8. The van der Waals surface area contributed by atoms with Gasteiger partial charge in [-0.3, -0.25) is 14.3 Å². The largest absolute Gasteiger partial charge is 0.481 e. The Morgan fingerprint density at radius 1 is 1.15 bits per heavy atom. The van der Waals surface area contributed by atoms with Crippen molar-refractivity contribution in [3.05, 3.63) is 52.3 Å². The minimum absolute atomic E-state index is 0.139. The molecule has 1 aromatic carbocycles. The number of nitrogens with zero attached hydrogens (tertiary/aromatic N) is 3. The van der Waals surface area contributed by atoms with Crippen molar-refractivity contribution < 1.29 is 33.0 Å². The molecule has 5 rings (SSSR count). The molecular weight excluding hydrogens is 547 g/mol. The molecule has 3 aliphatic carbocycles. The first-order valence-electron chi connectivity index (χ1n) is 13.8. The van der Waals surface area contributed by atoms with Crippen molar-refractivity contribution in [2.24, 2.45) is 22.7 Å². The fraction of sp³-hybridized carbons (Fsp3) is 0.621. The van der Waals surface area contributed by atoms with Crippen LogP contribution in [0.25, 0.3) is 0 Å². The van der Waals surface area contributed by atoms with E-state index in [-0.39, 0.29) is 43.7 Å². The standard InChI is InChI=1S/C29H35ClF3N3O4/c1-27(2)20-12-17(13-21(20)27)35(15-23(37)18-6-4-5-7-22(18)30)25(38)19-14-34-36(24(19)29(31,32)33)16-8-10-28(3,11-9-16)26(39)40/h4-7,14,16-17,20-21,23,37H,8-13,15H2,1-3H3,(H,39,40)/t16?,17?,20-,21+,23-,28?/m1/s1. The summed E-state index contributed by atoms with van der Waals surface area (Å²) in [6.07, 6.45) is -2.91. The second-order valence-electron chi connectivity index (χ2n) is 12.6. The van der Waals surface area contributed by atoms with Gasteiger partial charge in [-0.1, -0.05) is 43.6 Å².